The first-order valence-corrected chi connectivity index (χ1v) is 11.0. The molecule has 7 nitrogen and oxygen atoms in total. The average molecular weight is 414 g/mol. The highest BCUT2D eigenvalue weighted by molar-refractivity contribution is 7.89. The van der Waals surface area contributed by atoms with Crippen LogP contribution < -0.4 is 9.62 Å². The Hall–Kier alpha value is -2.71. The van der Waals surface area contributed by atoms with Crippen molar-refractivity contribution in [1.82, 2.24) is 4.72 Å². The predicted octanol–water partition coefficient (Wildman–Crippen LogP) is 2.26. The van der Waals surface area contributed by atoms with Gasteiger partial charge < -0.3 is 9.64 Å². The third-order valence-corrected chi connectivity index (χ3v) is 6.60. The topological polar surface area (TPSA) is 92.8 Å². The number of fused-ring (bicyclic) bond motifs is 1. The van der Waals surface area contributed by atoms with Crippen molar-refractivity contribution in [2.24, 2.45) is 0 Å². The number of ether oxygens (including phenoxy) is 1. The molecule has 152 valence electrons. The van der Waals surface area contributed by atoms with E-state index in [4.69, 9.17) is 4.74 Å². The normalized spacial score (nSPS) is 18.4. The summed E-state index contributed by atoms with van der Waals surface area (Å²) < 4.78 is 32.4. The van der Waals surface area contributed by atoms with Gasteiger partial charge in [0.2, 0.25) is 10.0 Å². The van der Waals surface area contributed by atoms with Crippen LogP contribution in [0.15, 0.2) is 53.4 Å². The molecule has 2 aromatic rings. The molecule has 1 heterocycles. The Morgan fingerprint density at radius 2 is 1.90 bits per heavy atom. The summed E-state index contributed by atoms with van der Waals surface area (Å²) in [6, 6.07) is 13.3. The summed E-state index contributed by atoms with van der Waals surface area (Å²) in [5.74, 6) is -1.04. The van der Waals surface area contributed by atoms with Crippen LogP contribution in [-0.4, -0.2) is 39.0 Å². The smallest absolute Gasteiger partial charge is 0.338 e. The number of amides is 1. The van der Waals surface area contributed by atoms with Crippen molar-refractivity contribution in [3.8, 4) is 0 Å². The Labute approximate surface area is 169 Å². The van der Waals surface area contributed by atoms with Crippen molar-refractivity contribution < 1.29 is 22.7 Å². The maximum Gasteiger partial charge on any atom is 0.338 e. The molecule has 1 amide bonds. The fourth-order valence-electron chi connectivity index (χ4n) is 3.50. The highest BCUT2D eigenvalue weighted by atomic mass is 32.2. The summed E-state index contributed by atoms with van der Waals surface area (Å²) in [6.45, 7) is 1.54. The van der Waals surface area contributed by atoms with E-state index in [0.29, 0.717) is 0 Å². The lowest BCUT2D eigenvalue weighted by atomic mass is 10.1. The number of para-hydroxylation sites is 1. The molecule has 1 aliphatic carbocycles. The fourth-order valence-corrected chi connectivity index (χ4v) is 4.86. The van der Waals surface area contributed by atoms with E-state index in [2.05, 4.69) is 4.72 Å². The molecule has 8 heteroatoms. The predicted molar refractivity (Wildman–Crippen MR) is 107 cm³/mol. The number of anilines is 1. The van der Waals surface area contributed by atoms with Gasteiger partial charge in [0, 0.05) is 17.8 Å². The molecule has 0 bridgehead atoms. The lowest BCUT2D eigenvalue weighted by Gasteiger charge is -2.22. The zero-order valence-corrected chi connectivity index (χ0v) is 16.8. The van der Waals surface area contributed by atoms with Gasteiger partial charge in [-0.3, -0.25) is 4.79 Å². The van der Waals surface area contributed by atoms with E-state index < -0.39 is 22.6 Å². The Balaban J connectivity index is 1.42. The van der Waals surface area contributed by atoms with Crippen LogP contribution in [0, 0.1) is 0 Å². The fraction of sp³-hybridized carbons (Fsp3) is 0.333. The van der Waals surface area contributed by atoms with E-state index in [9.17, 15) is 18.0 Å². The van der Waals surface area contributed by atoms with Gasteiger partial charge in [0.05, 0.1) is 10.5 Å². The molecule has 0 radical (unpaired) electrons. The zero-order valence-electron chi connectivity index (χ0n) is 16.0. The second-order valence-corrected chi connectivity index (χ2v) is 9.16. The minimum atomic E-state index is -3.67. The molecule has 1 saturated carbocycles. The Bertz CT molecular complexity index is 1060. The van der Waals surface area contributed by atoms with Crippen molar-refractivity contribution in [2.45, 2.75) is 43.2 Å². The molecular formula is C21H22N2O5S. The number of carbonyl (C=O) groups excluding carboxylic acids is 2. The summed E-state index contributed by atoms with van der Waals surface area (Å²) in [5, 5.41) is 0. The van der Waals surface area contributed by atoms with Crippen molar-refractivity contribution in [3.05, 3.63) is 59.7 Å². The Kier molecular flexibility index (Phi) is 5.14. The van der Waals surface area contributed by atoms with Gasteiger partial charge in [-0.05, 0) is 56.0 Å². The first-order chi connectivity index (χ1) is 13.8. The van der Waals surface area contributed by atoms with Crippen LogP contribution in [0.1, 0.15) is 35.7 Å². The van der Waals surface area contributed by atoms with E-state index in [-0.39, 0.29) is 28.4 Å². The second kappa shape index (κ2) is 7.61. The van der Waals surface area contributed by atoms with Gasteiger partial charge >= 0.3 is 5.97 Å². The minimum absolute atomic E-state index is 0.00673. The third-order valence-electron chi connectivity index (χ3n) is 5.08. The number of carbonyl (C=O) groups is 2. The summed E-state index contributed by atoms with van der Waals surface area (Å²) in [7, 11) is -3.67. The summed E-state index contributed by atoms with van der Waals surface area (Å²) in [4.78, 5) is 26.7. The maximum atomic E-state index is 12.7. The van der Waals surface area contributed by atoms with E-state index in [1.54, 1.807) is 4.90 Å². The van der Waals surface area contributed by atoms with Gasteiger partial charge in [0.15, 0.2) is 6.61 Å². The summed E-state index contributed by atoms with van der Waals surface area (Å²) in [6.07, 6.45) is 2.39. The standard InChI is InChI=1S/C21H22N2O5S/c1-14-11-15-5-2-3-8-19(15)23(14)20(24)13-28-21(25)16-6-4-7-18(12-16)29(26,27)22-17-9-10-17/h2-8,12,14,17,22H,9-11,13H2,1H3. The van der Waals surface area contributed by atoms with Crippen molar-refractivity contribution in [1.29, 1.82) is 0 Å². The zero-order chi connectivity index (χ0) is 20.6. The highest BCUT2D eigenvalue weighted by Crippen LogP contribution is 2.31. The molecule has 1 aliphatic heterocycles. The molecule has 1 N–H and O–H groups in total. The molecule has 1 fully saturated rings. The van der Waals surface area contributed by atoms with Crippen LogP contribution in [0.25, 0.3) is 0 Å². The number of esters is 1. The molecule has 1 atom stereocenters. The monoisotopic (exact) mass is 414 g/mol. The van der Waals surface area contributed by atoms with Crippen LogP contribution in [0.3, 0.4) is 0 Å². The molecule has 1 unspecified atom stereocenters. The van der Waals surface area contributed by atoms with Crippen molar-refractivity contribution in [3.63, 3.8) is 0 Å². The van der Waals surface area contributed by atoms with E-state index in [1.165, 1.54) is 24.3 Å². The van der Waals surface area contributed by atoms with Crippen LogP contribution >= 0.6 is 0 Å². The molecule has 4 rings (SSSR count). The maximum absolute atomic E-state index is 12.7. The van der Waals surface area contributed by atoms with Crippen LogP contribution in [0.2, 0.25) is 0 Å². The van der Waals surface area contributed by atoms with Crippen LogP contribution in [-0.2, 0) is 26.0 Å². The van der Waals surface area contributed by atoms with E-state index in [1.807, 2.05) is 31.2 Å². The number of rotatable bonds is 6. The lowest BCUT2D eigenvalue weighted by molar-refractivity contribution is -0.122. The quantitative estimate of drug-likeness (QED) is 0.732. The van der Waals surface area contributed by atoms with Crippen molar-refractivity contribution >= 4 is 27.6 Å². The van der Waals surface area contributed by atoms with Crippen molar-refractivity contribution in [2.75, 3.05) is 11.5 Å². The highest BCUT2D eigenvalue weighted by Gasteiger charge is 2.31. The molecule has 29 heavy (non-hydrogen) atoms. The Morgan fingerprint density at radius 3 is 2.66 bits per heavy atom. The first kappa shape index (κ1) is 19.6. The summed E-state index contributed by atoms with van der Waals surface area (Å²) >= 11 is 0. The van der Waals surface area contributed by atoms with Gasteiger partial charge in [-0.1, -0.05) is 24.3 Å². The number of nitrogens with zero attached hydrogens (tertiary/aromatic N) is 1. The first-order valence-electron chi connectivity index (χ1n) is 9.54. The average Bonchev–Trinajstić information content (AvgIpc) is 3.44. The van der Waals surface area contributed by atoms with Gasteiger partial charge in [-0.25, -0.2) is 17.9 Å². The largest absolute Gasteiger partial charge is 0.452 e. The van der Waals surface area contributed by atoms with Crippen LogP contribution in [0.5, 0.6) is 0 Å². The molecule has 2 aromatic carbocycles. The van der Waals surface area contributed by atoms with E-state index in [0.717, 1.165) is 30.5 Å². The molecule has 0 aromatic heterocycles. The van der Waals surface area contributed by atoms with Gasteiger partial charge in [-0.2, -0.15) is 0 Å². The number of hydrogen-bond acceptors (Lipinski definition) is 5. The minimum Gasteiger partial charge on any atom is -0.452 e. The molecular weight excluding hydrogens is 392 g/mol. The number of benzene rings is 2. The second-order valence-electron chi connectivity index (χ2n) is 7.45. The third kappa shape index (κ3) is 4.18. The number of sulfonamides is 1. The Morgan fingerprint density at radius 1 is 1.14 bits per heavy atom. The molecule has 0 saturated heterocycles. The van der Waals surface area contributed by atoms with Gasteiger partial charge in [0.1, 0.15) is 0 Å². The molecule has 0 spiro atoms. The SMILES string of the molecule is CC1Cc2ccccc2N1C(=O)COC(=O)c1cccc(S(=O)(=O)NC2CC2)c1. The number of nitrogens with one attached hydrogen (secondary N) is 1. The van der Waals surface area contributed by atoms with Crippen LogP contribution in [0.4, 0.5) is 5.69 Å². The lowest BCUT2D eigenvalue weighted by Crippen LogP contribution is -2.38. The molecule has 2 aliphatic rings. The summed E-state index contributed by atoms with van der Waals surface area (Å²) in [5.41, 5.74) is 2.01. The number of hydrogen-bond donors (Lipinski definition) is 1. The van der Waals surface area contributed by atoms with E-state index >= 15 is 0 Å². The van der Waals surface area contributed by atoms with Gasteiger partial charge in [0.25, 0.3) is 5.91 Å². The van der Waals surface area contributed by atoms with Gasteiger partial charge in [-0.15, -0.1) is 0 Å².